The molecule has 176 valence electrons. The lowest BCUT2D eigenvalue weighted by Crippen LogP contribution is -1.87. The Morgan fingerprint density at radius 3 is 1.63 bits per heavy atom. The lowest BCUT2D eigenvalue weighted by atomic mass is 9.90. The number of fused-ring (bicyclic) bond motifs is 4. The van der Waals surface area contributed by atoms with Gasteiger partial charge in [0.1, 0.15) is 0 Å². The molecule has 7 aromatic carbocycles. The van der Waals surface area contributed by atoms with Crippen LogP contribution in [0.5, 0.6) is 0 Å². The number of rotatable bonds is 3. The third kappa shape index (κ3) is 3.17. The van der Waals surface area contributed by atoms with Gasteiger partial charge in [-0.15, -0.1) is 0 Å². The maximum Gasteiger partial charge on any atom is -0.00259 e. The standard InChI is InChI=1S/C38H24/c1-2-10-25(11-3-1)30-20-21-31(33-16-5-4-15-32(30)33)27-13-8-12-26(22-27)29-23-28-14-9-19-36-34-17-6-7-18-35(34)37(24-29)38(28)36/h1-24H. The van der Waals surface area contributed by atoms with Gasteiger partial charge < -0.3 is 0 Å². The lowest BCUT2D eigenvalue weighted by molar-refractivity contribution is 1.61. The molecule has 1 aliphatic carbocycles. The Kier molecular flexibility index (Phi) is 4.62. The van der Waals surface area contributed by atoms with Gasteiger partial charge in [-0.1, -0.05) is 127 Å². The maximum absolute atomic E-state index is 2.38. The minimum absolute atomic E-state index is 1.24. The van der Waals surface area contributed by atoms with Crippen molar-refractivity contribution in [1.82, 2.24) is 0 Å². The first-order chi connectivity index (χ1) is 18.8. The molecular formula is C38H24. The van der Waals surface area contributed by atoms with Gasteiger partial charge in [-0.3, -0.25) is 0 Å². The average Bonchev–Trinajstić information content (AvgIpc) is 3.32. The fraction of sp³-hybridized carbons (Fsp3) is 0. The number of hydrogen-bond donors (Lipinski definition) is 0. The second kappa shape index (κ2) is 8.30. The molecule has 0 aliphatic heterocycles. The van der Waals surface area contributed by atoms with Crippen molar-refractivity contribution < 1.29 is 0 Å². The smallest absolute Gasteiger partial charge is 0.00259 e. The summed E-state index contributed by atoms with van der Waals surface area (Å²) in [7, 11) is 0. The third-order valence-electron chi connectivity index (χ3n) is 8.00. The van der Waals surface area contributed by atoms with E-state index in [-0.39, 0.29) is 0 Å². The van der Waals surface area contributed by atoms with Crippen LogP contribution in [0, 0.1) is 0 Å². The van der Waals surface area contributed by atoms with Crippen LogP contribution in [0.4, 0.5) is 0 Å². The fourth-order valence-corrected chi connectivity index (χ4v) is 6.27. The minimum atomic E-state index is 1.24. The van der Waals surface area contributed by atoms with Crippen LogP contribution >= 0.6 is 0 Å². The molecule has 0 aromatic heterocycles. The van der Waals surface area contributed by atoms with Gasteiger partial charge in [0.25, 0.3) is 0 Å². The quantitative estimate of drug-likeness (QED) is 0.236. The van der Waals surface area contributed by atoms with E-state index in [0.29, 0.717) is 0 Å². The van der Waals surface area contributed by atoms with Crippen LogP contribution in [-0.4, -0.2) is 0 Å². The second-order valence-corrected chi connectivity index (χ2v) is 10.1. The second-order valence-electron chi connectivity index (χ2n) is 10.1. The van der Waals surface area contributed by atoms with Gasteiger partial charge in [0, 0.05) is 0 Å². The summed E-state index contributed by atoms with van der Waals surface area (Å²) in [5.41, 5.74) is 12.9. The van der Waals surface area contributed by atoms with E-state index in [9.17, 15) is 0 Å². The highest BCUT2D eigenvalue weighted by Crippen LogP contribution is 2.48. The summed E-state index contributed by atoms with van der Waals surface area (Å²) < 4.78 is 0. The molecule has 0 radical (unpaired) electrons. The van der Waals surface area contributed by atoms with E-state index in [0.717, 1.165) is 0 Å². The number of benzene rings is 7. The summed E-state index contributed by atoms with van der Waals surface area (Å²) in [6.07, 6.45) is 0. The fourth-order valence-electron chi connectivity index (χ4n) is 6.27. The molecule has 7 aromatic rings. The zero-order chi connectivity index (χ0) is 25.1. The maximum atomic E-state index is 2.38. The molecule has 1 aliphatic rings. The van der Waals surface area contributed by atoms with Gasteiger partial charge in [0.2, 0.25) is 0 Å². The molecule has 8 rings (SSSR count). The molecule has 0 heteroatoms. The first kappa shape index (κ1) is 21.2. The predicted molar refractivity (Wildman–Crippen MR) is 162 cm³/mol. The van der Waals surface area contributed by atoms with Crippen LogP contribution in [0.25, 0.3) is 77.2 Å². The zero-order valence-corrected chi connectivity index (χ0v) is 20.9. The first-order valence-corrected chi connectivity index (χ1v) is 13.2. The van der Waals surface area contributed by atoms with Crippen molar-refractivity contribution in [3.63, 3.8) is 0 Å². The SMILES string of the molecule is c1ccc(-c2ccc(-c3cccc(-c4cc5c6c(cccc6c4)-c4ccccc4-5)c3)c3ccccc23)cc1. The highest BCUT2D eigenvalue weighted by molar-refractivity contribution is 6.16. The average molecular weight is 481 g/mol. The van der Waals surface area contributed by atoms with Crippen molar-refractivity contribution in [2.75, 3.05) is 0 Å². The Balaban J connectivity index is 1.30. The minimum Gasteiger partial charge on any atom is -0.0622 e. The van der Waals surface area contributed by atoms with Crippen LogP contribution in [0.1, 0.15) is 0 Å². The van der Waals surface area contributed by atoms with E-state index < -0.39 is 0 Å². The molecule has 0 atom stereocenters. The molecule has 0 amide bonds. The molecule has 0 saturated heterocycles. The summed E-state index contributed by atoms with van der Waals surface area (Å²) in [6.45, 7) is 0. The monoisotopic (exact) mass is 480 g/mol. The number of hydrogen-bond acceptors (Lipinski definition) is 0. The molecular weight excluding hydrogens is 456 g/mol. The first-order valence-electron chi connectivity index (χ1n) is 13.2. The van der Waals surface area contributed by atoms with Crippen LogP contribution in [0.2, 0.25) is 0 Å². The summed E-state index contributed by atoms with van der Waals surface area (Å²) in [4.78, 5) is 0. The molecule has 0 N–H and O–H groups in total. The molecule has 38 heavy (non-hydrogen) atoms. The van der Waals surface area contributed by atoms with Crippen molar-refractivity contribution in [3.8, 4) is 55.6 Å². The highest BCUT2D eigenvalue weighted by atomic mass is 14.2. The lowest BCUT2D eigenvalue weighted by Gasteiger charge is -2.14. The van der Waals surface area contributed by atoms with Gasteiger partial charge in [-0.05, 0) is 95.4 Å². The van der Waals surface area contributed by atoms with Crippen molar-refractivity contribution in [1.29, 1.82) is 0 Å². The van der Waals surface area contributed by atoms with E-state index in [2.05, 4.69) is 146 Å². The summed E-state index contributed by atoms with van der Waals surface area (Å²) in [5.74, 6) is 0. The van der Waals surface area contributed by atoms with Gasteiger partial charge in [-0.2, -0.15) is 0 Å². The van der Waals surface area contributed by atoms with Gasteiger partial charge in [0.15, 0.2) is 0 Å². The highest BCUT2D eigenvalue weighted by Gasteiger charge is 2.21. The molecule has 0 nitrogen and oxygen atoms in total. The normalized spacial score (nSPS) is 11.7. The summed E-state index contributed by atoms with van der Waals surface area (Å²) >= 11 is 0. The van der Waals surface area contributed by atoms with Crippen molar-refractivity contribution in [2.45, 2.75) is 0 Å². The van der Waals surface area contributed by atoms with E-state index in [1.54, 1.807) is 0 Å². The van der Waals surface area contributed by atoms with Gasteiger partial charge in [0.05, 0.1) is 0 Å². The largest absolute Gasteiger partial charge is 0.0622 e. The van der Waals surface area contributed by atoms with Crippen LogP contribution in [0.15, 0.2) is 146 Å². The Morgan fingerprint density at radius 1 is 0.263 bits per heavy atom. The Bertz CT molecular complexity index is 2010. The van der Waals surface area contributed by atoms with E-state index in [1.807, 2.05) is 0 Å². The predicted octanol–water partition coefficient (Wildman–Crippen LogP) is 10.6. The van der Waals surface area contributed by atoms with Crippen LogP contribution in [-0.2, 0) is 0 Å². The molecule has 0 heterocycles. The van der Waals surface area contributed by atoms with Crippen LogP contribution < -0.4 is 0 Å². The molecule has 0 bridgehead atoms. The van der Waals surface area contributed by atoms with Crippen LogP contribution in [0.3, 0.4) is 0 Å². The van der Waals surface area contributed by atoms with Gasteiger partial charge in [-0.25, -0.2) is 0 Å². The molecule has 0 saturated carbocycles. The summed E-state index contributed by atoms with van der Waals surface area (Å²) in [6, 6.07) is 53.2. The van der Waals surface area contributed by atoms with Crippen molar-refractivity contribution >= 4 is 21.5 Å². The van der Waals surface area contributed by atoms with Crippen molar-refractivity contribution in [3.05, 3.63) is 146 Å². The zero-order valence-electron chi connectivity index (χ0n) is 20.9. The van der Waals surface area contributed by atoms with E-state index in [1.165, 1.54) is 77.2 Å². The van der Waals surface area contributed by atoms with Crippen molar-refractivity contribution in [2.24, 2.45) is 0 Å². The Labute approximate surface area is 222 Å². The summed E-state index contributed by atoms with van der Waals surface area (Å²) in [5, 5.41) is 5.23. The van der Waals surface area contributed by atoms with E-state index in [4.69, 9.17) is 0 Å². The Hall–Kier alpha value is -4.94. The Morgan fingerprint density at radius 2 is 0.842 bits per heavy atom. The molecule has 0 spiro atoms. The molecule has 0 fully saturated rings. The van der Waals surface area contributed by atoms with Gasteiger partial charge >= 0.3 is 0 Å². The molecule has 0 unspecified atom stereocenters. The topological polar surface area (TPSA) is 0 Å². The van der Waals surface area contributed by atoms with E-state index >= 15 is 0 Å². The third-order valence-corrected chi connectivity index (χ3v) is 8.00.